The first kappa shape index (κ1) is 24.0. The molecule has 0 N–H and O–H groups in total. The van der Waals surface area contributed by atoms with E-state index in [4.69, 9.17) is 4.74 Å². The standard InChI is InChI=1S/C25H34N2O5/c1-9-23(3,4)27(22(31)20-24(5,6)25(20,7)8)18-14-19(29)26(21(18)30)16-10-12-17(13-11-16)32-15(2)28/h10-13,18,20H,9,14H2,1-8H3. The third-order valence-electron chi connectivity index (χ3n) is 7.81. The van der Waals surface area contributed by atoms with Gasteiger partial charge in [0.05, 0.1) is 12.1 Å². The van der Waals surface area contributed by atoms with Crippen molar-refractivity contribution in [2.75, 3.05) is 4.90 Å². The molecule has 7 nitrogen and oxygen atoms in total. The predicted molar refractivity (Wildman–Crippen MR) is 121 cm³/mol. The van der Waals surface area contributed by atoms with E-state index in [-0.39, 0.29) is 35.0 Å². The molecule has 1 heterocycles. The van der Waals surface area contributed by atoms with Crippen LogP contribution >= 0.6 is 0 Å². The maximum Gasteiger partial charge on any atom is 0.308 e. The van der Waals surface area contributed by atoms with E-state index >= 15 is 0 Å². The molecule has 1 saturated heterocycles. The van der Waals surface area contributed by atoms with Crippen molar-refractivity contribution in [1.29, 1.82) is 0 Å². The van der Waals surface area contributed by atoms with Crippen molar-refractivity contribution in [1.82, 2.24) is 4.90 Å². The largest absolute Gasteiger partial charge is 0.427 e. The van der Waals surface area contributed by atoms with Crippen LogP contribution in [0.5, 0.6) is 5.75 Å². The first-order valence-corrected chi connectivity index (χ1v) is 11.1. The number of nitrogens with zero attached hydrogens (tertiary/aromatic N) is 2. The summed E-state index contributed by atoms with van der Waals surface area (Å²) < 4.78 is 5.03. The maximum absolute atomic E-state index is 13.8. The Bertz CT molecular complexity index is 947. The molecule has 1 aliphatic carbocycles. The Kier molecular flexibility index (Phi) is 5.77. The summed E-state index contributed by atoms with van der Waals surface area (Å²) in [5.74, 6) is -1.14. The number of ether oxygens (including phenoxy) is 1. The Labute approximate surface area is 190 Å². The van der Waals surface area contributed by atoms with E-state index in [9.17, 15) is 19.2 Å². The minimum absolute atomic E-state index is 0.0483. The zero-order valence-corrected chi connectivity index (χ0v) is 20.3. The van der Waals surface area contributed by atoms with Crippen molar-refractivity contribution in [2.24, 2.45) is 16.7 Å². The number of hydrogen-bond donors (Lipinski definition) is 0. The highest BCUT2D eigenvalue weighted by molar-refractivity contribution is 6.23. The fraction of sp³-hybridized carbons (Fsp3) is 0.600. The SMILES string of the molecule is CCC(C)(C)N(C(=O)C1C(C)(C)C1(C)C)C1CC(=O)N(c2ccc(OC(C)=O)cc2)C1=O. The Morgan fingerprint density at radius 2 is 1.62 bits per heavy atom. The Morgan fingerprint density at radius 3 is 2.06 bits per heavy atom. The summed E-state index contributed by atoms with van der Waals surface area (Å²) in [6.07, 6.45) is 0.606. The summed E-state index contributed by atoms with van der Waals surface area (Å²) in [7, 11) is 0. The van der Waals surface area contributed by atoms with Crippen molar-refractivity contribution in [2.45, 2.75) is 79.8 Å². The topological polar surface area (TPSA) is 84.0 Å². The number of anilines is 1. The lowest BCUT2D eigenvalue weighted by molar-refractivity contribution is -0.147. The van der Waals surface area contributed by atoms with E-state index in [0.29, 0.717) is 17.9 Å². The van der Waals surface area contributed by atoms with Gasteiger partial charge in [-0.2, -0.15) is 0 Å². The highest BCUT2D eigenvalue weighted by Gasteiger charge is 2.70. The van der Waals surface area contributed by atoms with Crippen molar-refractivity contribution in [3.8, 4) is 5.75 Å². The highest BCUT2D eigenvalue weighted by Crippen LogP contribution is 2.69. The minimum atomic E-state index is -0.842. The summed E-state index contributed by atoms with van der Waals surface area (Å²) in [4.78, 5) is 54.1. The molecule has 3 rings (SSSR count). The molecular weight excluding hydrogens is 408 g/mol. The van der Waals surface area contributed by atoms with Gasteiger partial charge in [0, 0.05) is 18.4 Å². The van der Waals surface area contributed by atoms with Crippen LogP contribution in [0.15, 0.2) is 24.3 Å². The lowest BCUT2D eigenvalue weighted by atomic mass is 9.94. The first-order chi connectivity index (χ1) is 14.7. The molecule has 174 valence electrons. The average molecular weight is 443 g/mol. The number of benzene rings is 1. The number of carbonyl (C=O) groups is 4. The molecule has 1 aromatic carbocycles. The number of esters is 1. The first-order valence-electron chi connectivity index (χ1n) is 11.1. The number of hydrogen-bond acceptors (Lipinski definition) is 5. The quantitative estimate of drug-likeness (QED) is 0.378. The van der Waals surface area contributed by atoms with Gasteiger partial charge in [-0.15, -0.1) is 0 Å². The van der Waals surface area contributed by atoms with E-state index in [2.05, 4.69) is 27.7 Å². The van der Waals surface area contributed by atoms with E-state index < -0.39 is 23.5 Å². The second-order valence-electron chi connectivity index (χ2n) is 10.6. The number of imide groups is 1. The van der Waals surface area contributed by atoms with Gasteiger partial charge in [0.1, 0.15) is 11.8 Å². The van der Waals surface area contributed by atoms with Gasteiger partial charge >= 0.3 is 5.97 Å². The summed E-state index contributed by atoms with van der Waals surface area (Å²) in [5.41, 5.74) is -0.539. The smallest absolute Gasteiger partial charge is 0.308 e. The van der Waals surface area contributed by atoms with Crippen LogP contribution in [0.4, 0.5) is 5.69 Å². The molecule has 0 spiro atoms. The van der Waals surface area contributed by atoms with Crippen molar-refractivity contribution < 1.29 is 23.9 Å². The molecule has 32 heavy (non-hydrogen) atoms. The maximum atomic E-state index is 13.8. The molecule has 7 heteroatoms. The fourth-order valence-electron chi connectivity index (χ4n) is 4.92. The van der Waals surface area contributed by atoms with Crippen LogP contribution in [0, 0.1) is 16.7 Å². The number of amides is 3. The van der Waals surface area contributed by atoms with Crippen LogP contribution < -0.4 is 9.64 Å². The molecule has 0 radical (unpaired) electrons. The minimum Gasteiger partial charge on any atom is -0.427 e. The predicted octanol–water partition coefficient (Wildman–Crippen LogP) is 3.94. The van der Waals surface area contributed by atoms with Gasteiger partial charge in [-0.3, -0.25) is 19.2 Å². The molecule has 1 atom stereocenters. The molecule has 1 saturated carbocycles. The van der Waals surface area contributed by atoms with Crippen molar-refractivity contribution in [3.63, 3.8) is 0 Å². The van der Waals surface area contributed by atoms with E-state index in [1.165, 1.54) is 6.92 Å². The highest BCUT2D eigenvalue weighted by atomic mass is 16.5. The van der Waals surface area contributed by atoms with Crippen molar-refractivity contribution >= 4 is 29.4 Å². The van der Waals surface area contributed by atoms with Crippen LogP contribution in [-0.2, 0) is 19.2 Å². The normalized spacial score (nSPS) is 22.1. The molecule has 1 aliphatic heterocycles. The lowest BCUT2D eigenvalue weighted by Gasteiger charge is -2.41. The zero-order chi connectivity index (χ0) is 24.2. The van der Waals surface area contributed by atoms with Gasteiger partial charge in [0.2, 0.25) is 11.8 Å². The van der Waals surface area contributed by atoms with Crippen LogP contribution in [0.25, 0.3) is 0 Å². The molecular formula is C25H34N2O5. The molecule has 0 aromatic heterocycles. The van der Waals surface area contributed by atoms with Crippen LogP contribution in [0.1, 0.15) is 68.2 Å². The second kappa shape index (κ2) is 7.71. The third kappa shape index (κ3) is 3.71. The lowest BCUT2D eigenvalue weighted by Crippen LogP contribution is -2.56. The number of carbonyl (C=O) groups excluding carboxylic acids is 4. The van der Waals surface area contributed by atoms with Crippen LogP contribution in [-0.4, -0.2) is 40.2 Å². The average Bonchev–Trinajstić information content (AvgIpc) is 2.91. The van der Waals surface area contributed by atoms with Crippen LogP contribution in [0.2, 0.25) is 0 Å². The van der Waals surface area contributed by atoms with Gasteiger partial charge in [-0.1, -0.05) is 34.6 Å². The third-order valence-corrected chi connectivity index (χ3v) is 7.81. The van der Waals surface area contributed by atoms with Gasteiger partial charge < -0.3 is 9.64 Å². The van der Waals surface area contributed by atoms with E-state index in [1.54, 1.807) is 29.2 Å². The fourth-order valence-corrected chi connectivity index (χ4v) is 4.92. The molecule has 1 aromatic rings. The Morgan fingerprint density at radius 1 is 1.09 bits per heavy atom. The molecule has 1 unspecified atom stereocenters. The van der Waals surface area contributed by atoms with E-state index in [1.807, 2.05) is 20.8 Å². The molecule has 0 bridgehead atoms. The number of rotatable bonds is 6. The molecule has 2 aliphatic rings. The zero-order valence-electron chi connectivity index (χ0n) is 20.3. The van der Waals surface area contributed by atoms with Crippen LogP contribution in [0.3, 0.4) is 0 Å². The molecule has 2 fully saturated rings. The Hall–Kier alpha value is -2.70. The van der Waals surface area contributed by atoms with Gasteiger partial charge in [0.15, 0.2) is 0 Å². The Balaban J connectivity index is 1.92. The summed E-state index contributed by atoms with van der Waals surface area (Å²) in [6.45, 7) is 15.5. The second-order valence-corrected chi connectivity index (χ2v) is 10.6. The molecule has 3 amide bonds. The monoisotopic (exact) mass is 442 g/mol. The van der Waals surface area contributed by atoms with Gasteiger partial charge in [-0.25, -0.2) is 4.90 Å². The van der Waals surface area contributed by atoms with Crippen molar-refractivity contribution in [3.05, 3.63) is 24.3 Å². The van der Waals surface area contributed by atoms with Gasteiger partial charge in [-0.05, 0) is 55.4 Å². The summed E-state index contributed by atoms with van der Waals surface area (Å²) in [6, 6.07) is 5.38. The van der Waals surface area contributed by atoms with E-state index in [0.717, 1.165) is 4.90 Å². The summed E-state index contributed by atoms with van der Waals surface area (Å²) >= 11 is 0. The van der Waals surface area contributed by atoms with Gasteiger partial charge in [0.25, 0.3) is 5.91 Å². The summed E-state index contributed by atoms with van der Waals surface area (Å²) in [5, 5.41) is 0.